The smallest absolute Gasteiger partial charge is 0.256 e. The number of para-hydroxylation sites is 1. The van der Waals surface area contributed by atoms with Gasteiger partial charge in [-0.25, -0.2) is 0 Å². The van der Waals surface area contributed by atoms with Gasteiger partial charge in [-0.1, -0.05) is 48.5 Å². The molecule has 0 unspecified atom stereocenters. The highest BCUT2D eigenvalue weighted by molar-refractivity contribution is 6.07. The van der Waals surface area contributed by atoms with Crippen molar-refractivity contribution in [2.45, 2.75) is 38.8 Å². The Labute approximate surface area is 148 Å². The molecule has 2 aromatic carbocycles. The molecule has 4 rings (SSSR count). The van der Waals surface area contributed by atoms with Crippen LogP contribution in [0.2, 0.25) is 0 Å². The predicted molar refractivity (Wildman–Crippen MR) is 102 cm³/mol. The van der Waals surface area contributed by atoms with Crippen LogP contribution in [0.4, 0.5) is 0 Å². The van der Waals surface area contributed by atoms with Crippen molar-refractivity contribution in [1.29, 1.82) is 0 Å². The van der Waals surface area contributed by atoms with Crippen molar-refractivity contribution in [2.24, 2.45) is 0 Å². The number of carbonyl (C=O) groups is 1. The normalized spacial score (nSPS) is 17.8. The fraction of sp³-hybridized carbons (Fsp3) is 0.318. The van der Waals surface area contributed by atoms with Gasteiger partial charge in [0.2, 0.25) is 0 Å². The first-order valence-corrected chi connectivity index (χ1v) is 9.17. The summed E-state index contributed by atoms with van der Waals surface area (Å²) in [7, 11) is 0. The summed E-state index contributed by atoms with van der Waals surface area (Å²) < 4.78 is 2.20. The molecule has 1 aliphatic rings. The molecular formula is C22H24N2O. The SMILES string of the molecule is C[C@H]1CCCCN1C(=O)c1cn(Cc2ccccc2)c2ccccc12. The van der Waals surface area contributed by atoms with Crippen LogP contribution in [0.1, 0.15) is 42.1 Å². The molecule has 0 N–H and O–H groups in total. The van der Waals surface area contributed by atoms with Crippen molar-refractivity contribution < 1.29 is 4.79 Å². The molecule has 3 heteroatoms. The van der Waals surface area contributed by atoms with E-state index in [1.807, 2.05) is 24.4 Å². The minimum absolute atomic E-state index is 0.176. The lowest BCUT2D eigenvalue weighted by Gasteiger charge is -2.33. The number of likely N-dealkylation sites (tertiary alicyclic amines) is 1. The van der Waals surface area contributed by atoms with Crippen molar-refractivity contribution in [2.75, 3.05) is 6.54 Å². The molecule has 25 heavy (non-hydrogen) atoms. The number of fused-ring (bicyclic) bond motifs is 1. The number of aromatic nitrogens is 1. The first-order valence-electron chi connectivity index (χ1n) is 9.17. The summed E-state index contributed by atoms with van der Waals surface area (Å²) in [5, 5.41) is 1.06. The van der Waals surface area contributed by atoms with E-state index >= 15 is 0 Å². The van der Waals surface area contributed by atoms with E-state index < -0.39 is 0 Å². The highest BCUT2D eigenvalue weighted by atomic mass is 16.2. The van der Waals surface area contributed by atoms with Crippen LogP contribution >= 0.6 is 0 Å². The average Bonchev–Trinajstić information content (AvgIpc) is 3.01. The summed E-state index contributed by atoms with van der Waals surface area (Å²) in [5.74, 6) is 0.176. The number of hydrogen-bond acceptors (Lipinski definition) is 1. The van der Waals surface area contributed by atoms with Crippen molar-refractivity contribution in [3.63, 3.8) is 0 Å². The molecular weight excluding hydrogens is 308 g/mol. The standard InChI is InChI=1S/C22H24N2O/c1-17-9-7-8-14-24(17)22(25)20-16-23(15-18-10-3-2-4-11-18)21-13-6-5-12-19(20)21/h2-6,10-13,16-17H,7-9,14-15H2,1H3/t17-/m0/s1. The van der Waals surface area contributed by atoms with Gasteiger partial charge in [-0.05, 0) is 37.8 Å². The molecule has 1 saturated heterocycles. The third-order valence-corrected chi connectivity index (χ3v) is 5.28. The van der Waals surface area contributed by atoms with Crippen molar-refractivity contribution >= 4 is 16.8 Å². The van der Waals surface area contributed by atoms with Gasteiger partial charge in [0.1, 0.15) is 0 Å². The van der Waals surface area contributed by atoms with Gasteiger partial charge < -0.3 is 9.47 Å². The molecule has 1 fully saturated rings. The van der Waals surface area contributed by atoms with E-state index in [2.05, 4.69) is 52.8 Å². The predicted octanol–water partition coefficient (Wildman–Crippen LogP) is 4.70. The second-order valence-electron chi connectivity index (χ2n) is 7.02. The molecule has 1 aromatic heterocycles. The van der Waals surface area contributed by atoms with Crippen LogP contribution in [0.3, 0.4) is 0 Å². The van der Waals surface area contributed by atoms with Gasteiger partial charge in [-0.3, -0.25) is 4.79 Å². The Morgan fingerprint density at radius 1 is 1.04 bits per heavy atom. The van der Waals surface area contributed by atoms with E-state index in [-0.39, 0.29) is 5.91 Å². The van der Waals surface area contributed by atoms with Gasteiger partial charge in [0, 0.05) is 36.2 Å². The van der Waals surface area contributed by atoms with Crippen LogP contribution in [-0.4, -0.2) is 28.0 Å². The molecule has 0 aliphatic carbocycles. The molecule has 3 nitrogen and oxygen atoms in total. The maximum atomic E-state index is 13.2. The minimum atomic E-state index is 0.176. The zero-order valence-electron chi connectivity index (χ0n) is 14.7. The Kier molecular flexibility index (Phi) is 4.31. The van der Waals surface area contributed by atoms with Gasteiger partial charge >= 0.3 is 0 Å². The zero-order chi connectivity index (χ0) is 17.2. The average molecular weight is 332 g/mol. The monoisotopic (exact) mass is 332 g/mol. The van der Waals surface area contributed by atoms with Crippen LogP contribution < -0.4 is 0 Å². The van der Waals surface area contributed by atoms with E-state index in [0.29, 0.717) is 6.04 Å². The highest BCUT2D eigenvalue weighted by Gasteiger charge is 2.26. The molecule has 0 saturated carbocycles. The van der Waals surface area contributed by atoms with Gasteiger partial charge in [0.05, 0.1) is 5.56 Å². The van der Waals surface area contributed by atoms with Gasteiger partial charge in [0.15, 0.2) is 0 Å². The Bertz CT molecular complexity index is 881. The Morgan fingerprint density at radius 3 is 2.60 bits per heavy atom. The van der Waals surface area contributed by atoms with Crippen molar-refractivity contribution in [3.05, 3.63) is 71.9 Å². The van der Waals surface area contributed by atoms with E-state index in [9.17, 15) is 4.79 Å². The van der Waals surface area contributed by atoms with Gasteiger partial charge in [-0.15, -0.1) is 0 Å². The van der Waals surface area contributed by atoms with Crippen LogP contribution in [0.15, 0.2) is 60.8 Å². The summed E-state index contributed by atoms with van der Waals surface area (Å²) >= 11 is 0. The molecule has 0 radical (unpaired) electrons. The number of carbonyl (C=O) groups excluding carboxylic acids is 1. The summed E-state index contributed by atoms with van der Waals surface area (Å²) in [6.45, 7) is 3.82. The molecule has 0 spiro atoms. The van der Waals surface area contributed by atoms with Crippen LogP contribution in [0, 0.1) is 0 Å². The molecule has 2 heterocycles. The Hall–Kier alpha value is -2.55. The fourth-order valence-electron chi connectivity index (χ4n) is 3.88. The number of piperidine rings is 1. The van der Waals surface area contributed by atoms with Crippen LogP contribution in [0.25, 0.3) is 10.9 Å². The first kappa shape index (κ1) is 15.9. The van der Waals surface area contributed by atoms with Gasteiger partial charge in [0.25, 0.3) is 5.91 Å². The molecule has 1 aliphatic heterocycles. The minimum Gasteiger partial charge on any atom is -0.342 e. The van der Waals surface area contributed by atoms with Crippen molar-refractivity contribution in [3.8, 4) is 0 Å². The molecule has 128 valence electrons. The maximum absolute atomic E-state index is 13.2. The maximum Gasteiger partial charge on any atom is 0.256 e. The topological polar surface area (TPSA) is 25.2 Å². The van der Waals surface area contributed by atoms with Gasteiger partial charge in [-0.2, -0.15) is 0 Å². The zero-order valence-corrected chi connectivity index (χ0v) is 14.7. The lowest BCUT2D eigenvalue weighted by Crippen LogP contribution is -2.41. The summed E-state index contributed by atoms with van der Waals surface area (Å²) in [5.41, 5.74) is 3.20. The third kappa shape index (κ3) is 3.07. The lowest BCUT2D eigenvalue weighted by molar-refractivity contribution is 0.0637. The van der Waals surface area contributed by atoms with Crippen molar-refractivity contribution in [1.82, 2.24) is 9.47 Å². The quantitative estimate of drug-likeness (QED) is 0.682. The lowest BCUT2D eigenvalue weighted by atomic mass is 10.0. The summed E-state index contributed by atoms with van der Waals surface area (Å²) in [6.07, 6.45) is 5.48. The number of benzene rings is 2. The number of amides is 1. The van der Waals surface area contributed by atoms with E-state index in [0.717, 1.165) is 42.4 Å². The first-order chi connectivity index (χ1) is 12.2. The Morgan fingerprint density at radius 2 is 1.80 bits per heavy atom. The summed E-state index contributed by atoms with van der Waals surface area (Å²) in [6, 6.07) is 19.0. The molecule has 0 bridgehead atoms. The van der Waals surface area contributed by atoms with E-state index in [1.54, 1.807) is 0 Å². The Balaban J connectivity index is 1.73. The summed E-state index contributed by atoms with van der Waals surface area (Å²) in [4.78, 5) is 15.3. The van der Waals surface area contributed by atoms with Crippen LogP contribution in [0.5, 0.6) is 0 Å². The highest BCUT2D eigenvalue weighted by Crippen LogP contribution is 2.26. The molecule has 1 atom stereocenters. The van der Waals surface area contributed by atoms with E-state index in [4.69, 9.17) is 0 Å². The van der Waals surface area contributed by atoms with E-state index in [1.165, 1.54) is 12.0 Å². The second kappa shape index (κ2) is 6.75. The molecule has 1 amide bonds. The second-order valence-corrected chi connectivity index (χ2v) is 7.02. The fourth-order valence-corrected chi connectivity index (χ4v) is 3.88. The van der Waals surface area contributed by atoms with Crippen LogP contribution in [-0.2, 0) is 6.54 Å². The number of hydrogen-bond donors (Lipinski definition) is 0. The molecule has 3 aromatic rings. The largest absolute Gasteiger partial charge is 0.342 e. The number of nitrogens with zero attached hydrogens (tertiary/aromatic N) is 2. The number of rotatable bonds is 3. The third-order valence-electron chi connectivity index (χ3n) is 5.28.